The predicted molar refractivity (Wildman–Crippen MR) is 55.6 cm³/mol. The largest absolute Gasteiger partial charge is 0.462 e. The molecule has 0 aromatic heterocycles. The van der Waals surface area contributed by atoms with Crippen LogP contribution in [-0.2, 0) is 9.53 Å². The smallest absolute Gasteiger partial charge is 0.339 e. The molecule has 0 saturated heterocycles. The number of esters is 1. The van der Waals surface area contributed by atoms with Crippen LogP contribution >= 0.6 is 34.8 Å². The van der Waals surface area contributed by atoms with E-state index in [1.54, 1.807) is 0 Å². The van der Waals surface area contributed by atoms with Crippen LogP contribution in [0.3, 0.4) is 0 Å². The monoisotopic (exact) mass is 246 g/mol. The van der Waals surface area contributed by atoms with Gasteiger partial charge < -0.3 is 4.74 Å². The Bertz CT molecular complexity index is 150. The summed E-state index contributed by atoms with van der Waals surface area (Å²) >= 11 is 16.4. The summed E-state index contributed by atoms with van der Waals surface area (Å²) in [6.45, 7) is 2.25. The van der Waals surface area contributed by atoms with Gasteiger partial charge in [0.1, 0.15) is 6.61 Å². The highest BCUT2D eigenvalue weighted by molar-refractivity contribution is 6.52. The van der Waals surface area contributed by atoms with Crippen molar-refractivity contribution >= 4 is 40.8 Å². The average Bonchev–Trinajstić information content (AvgIpc) is 2.10. The summed E-state index contributed by atoms with van der Waals surface area (Å²) in [6, 6.07) is 0. The van der Waals surface area contributed by atoms with Crippen LogP contribution in [-0.4, -0.2) is 22.8 Å². The fourth-order valence-electron chi connectivity index (χ4n) is 0.744. The summed E-state index contributed by atoms with van der Waals surface area (Å²) in [4.78, 5) is 9.66. The highest BCUT2D eigenvalue weighted by atomic mass is 35.5. The molecule has 1 atom stereocenters. The van der Waals surface area contributed by atoms with Gasteiger partial charge in [-0.25, -0.2) is 4.79 Å². The van der Waals surface area contributed by atoms with Gasteiger partial charge in [-0.1, -0.05) is 43.0 Å². The van der Waals surface area contributed by atoms with Crippen molar-refractivity contribution in [2.75, 3.05) is 6.61 Å². The molecular weight excluding hydrogens is 234 g/mol. The number of rotatable bonds is 6. The SMILES string of the molecule is CCCCC(Cl)COC(=O)C(Cl)Cl. The van der Waals surface area contributed by atoms with E-state index < -0.39 is 10.8 Å². The minimum Gasteiger partial charge on any atom is -0.462 e. The van der Waals surface area contributed by atoms with E-state index >= 15 is 0 Å². The van der Waals surface area contributed by atoms with Gasteiger partial charge in [0.15, 0.2) is 0 Å². The highest BCUT2D eigenvalue weighted by Crippen LogP contribution is 2.10. The maximum atomic E-state index is 10.8. The molecule has 13 heavy (non-hydrogen) atoms. The van der Waals surface area contributed by atoms with E-state index in [1.807, 2.05) is 0 Å². The Balaban J connectivity index is 3.46. The Morgan fingerprint density at radius 3 is 2.46 bits per heavy atom. The van der Waals surface area contributed by atoms with Crippen LogP contribution in [0.1, 0.15) is 26.2 Å². The Morgan fingerprint density at radius 2 is 2.00 bits per heavy atom. The first-order chi connectivity index (χ1) is 6.07. The third-order valence-corrected chi connectivity index (χ3v) is 2.16. The topological polar surface area (TPSA) is 26.3 Å². The van der Waals surface area contributed by atoms with Crippen molar-refractivity contribution in [1.29, 1.82) is 0 Å². The molecule has 0 heterocycles. The Kier molecular flexibility index (Phi) is 7.92. The van der Waals surface area contributed by atoms with E-state index in [4.69, 9.17) is 39.5 Å². The summed E-state index contributed by atoms with van der Waals surface area (Å²) in [5.41, 5.74) is 0. The first kappa shape index (κ1) is 13.3. The van der Waals surface area contributed by atoms with Crippen LogP contribution in [0.4, 0.5) is 0 Å². The molecule has 0 aliphatic rings. The summed E-state index contributed by atoms with van der Waals surface area (Å²) in [6.07, 6.45) is 2.93. The fraction of sp³-hybridized carbons (Fsp3) is 0.875. The van der Waals surface area contributed by atoms with E-state index in [0.717, 1.165) is 19.3 Å². The van der Waals surface area contributed by atoms with Crippen molar-refractivity contribution in [2.24, 2.45) is 0 Å². The van der Waals surface area contributed by atoms with Crippen LogP contribution in [0.25, 0.3) is 0 Å². The number of carbonyl (C=O) groups is 1. The van der Waals surface area contributed by atoms with Crippen molar-refractivity contribution in [3.63, 3.8) is 0 Å². The van der Waals surface area contributed by atoms with Gasteiger partial charge in [-0.05, 0) is 6.42 Å². The van der Waals surface area contributed by atoms with Crippen molar-refractivity contribution in [3.05, 3.63) is 0 Å². The van der Waals surface area contributed by atoms with Gasteiger partial charge in [-0.2, -0.15) is 0 Å². The summed E-state index contributed by atoms with van der Waals surface area (Å²) in [7, 11) is 0. The molecule has 0 radical (unpaired) electrons. The summed E-state index contributed by atoms with van der Waals surface area (Å²) in [5.74, 6) is -0.634. The van der Waals surface area contributed by atoms with Crippen molar-refractivity contribution < 1.29 is 9.53 Å². The van der Waals surface area contributed by atoms with Crippen molar-refractivity contribution in [2.45, 2.75) is 36.4 Å². The summed E-state index contributed by atoms with van der Waals surface area (Å²) in [5, 5.41) is -0.143. The first-order valence-corrected chi connectivity index (χ1v) is 5.47. The quantitative estimate of drug-likeness (QED) is 0.532. The number of carbonyl (C=O) groups excluding carboxylic acids is 1. The molecule has 0 amide bonds. The molecule has 0 bridgehead atoms. The minimum absolute atomic E-state index is 0.143. The van der Waals surface area contributed by atoms with Gasteiger partial charge in [0, 0.05) is 0 Å². The van der Waals surface area contributed by atoms with E-state index in [9.17, 15) is 4.79 Å². The number of halogens is 3. The number of ether oxygens (including phenoxy) is 1. The van der Waals surface area contributed by atoms with Crippen LogP contribution < -0.4 is 0 Å². The fourth-order valence-corrected chi connectivity index (χ4v) is 1.09. The number of unbranched alkanes of at least 4 members (excludes halogenated alkanes) is 1. The van der Waals surface area contributed by atoms with E-state index in [-0.39, 0.29) is 12.0 Å². The zero-order valence-electron chi connectivity index (χ0n) is 7.43. The second-order valence-corrected chi connectivity index (χ2v) is 4.38. The van der Waals surface area contributed by atoms with Gasteiger partial charge in [0.05, 0.1) is 5.38 Å². The molecule has 0 aromatic carbocycles. The van der Waals surface area contributed by atoms with Gasteiger partial charge in [-0.15, -0.1) is 11.6 Å². The molecular formula is C8H13Cl3O2. The molecule has 0 aliphatic carbocycles. The first-order valence-electron chi connectivity index (χ1n) is 4.16. The molecule has 0 spiro atoms. The zero-order chi connectivity index (χ0) is 10.3. The lowest BCUT2D eigenvalue weighted by Gasteiger charge is -2.09. The maximum absolute atomic E-state index is 10.8. The van der Waals surface area contributed by atoms with Crippen molar-refractivity contribution in [1.82, 2.24) is 0 Å². The van der Waals surface area contributed by atoms with Gasteiger partial charge >= 0.3 is 5.97 Å². The lowest BCUT2D eigenvalue weighted by molar-refractivity contribution is -0.141. The minimum atomic E-state index is -1.12. The normalized spacial score (nSPS) is 13.0. The van der Waals surface area contributed by atoms with Crippen LogP contribution in [0, 0.1) is 0 Å². The molecule has 2 nitrogen and oxygen atoms in total. The predicted octanol–water partition coefficient (Wildman–Crippen LogP) is 3.13. The number of alkyl halides is 3. The second-order valence-electron chi connectivity index (χ2n) is 2.67. The molecule has 0 saturated carbocycles. The second kappa shape index (κ2) is 7.72. The van der Waals surface area contributed by atoms with Gasteiger partial charge in [-0.3, -0.25) is 0 Å². The molecule has 0 fully saturated rings. The van der Waals surface area contributed by atoms with Gasteiger partial charge in [0.2, 0.25) is 4.84 Å². The molecule has 0 rings (SSSR count). The Labute approximate surface area is 93.5 Å². The number of hydrogen-bond acceptors (Lipinski definition) is 2. The molecule has 5 heteroatoms. The maximum Gasteiger partial charge on any atom is 0.339 e. The molecule has 0 aliphatic heterocycles. The Hall–Kier alpha value is 0.340. The van der Waals surface area contributed by atoms with Crippen LogP contribution in [0.5, 0.6) is 0 Å². The zero-order valence-corrected chi connectivity index (χ0v) is 9.70. The molecule has 1 unspecified atom stereocenters. The summed E-state index contributed by atoms with van der Waals surface area (Å²) < 4.78 is 4.73. The molecule has 78 valence electrons. The highest BCUT2D eigenvalue weighted by Gasteiger charge is 2.14. The van der Waals surface area contributed by atoms with Crippen molar-refractivity contribution in [3.8, 4) is 0 Å². The third-order valence-electron chi connectivity index (χ3n) is 1.46. The van der Waals surface area contributed by atoms with E-state index in [0.29, 0.717) is 0 Å². The van der Waals surface area contributed by atoms with Crippen LogP contribution in [0.15, 0.2) is 0 Å². The standard InChI is InChI=1S/C8H13Cl3O2/c1-2-3-4-6(9)5-13-8(12)7(10)11/h6-7H,2-5H2,1H3. The lowest BCUT2D eigenvalue weighted by Crippen LogP contribution is -2.18. The lowest BCUT2D eigenvalue weighted by atomic mass is 10.2. The Morgan fingerprint density at radius 1 is 1.38 bits per heavy atom. The van der Waals surface area contributed by atoms with Gasteiger partial charge in [0.25, 0.3) is 0 Å². The van der Waals surface area contributed by atoms with E-state index in [2.05, 4.69) is 6.92 Å². The van der Waals surface area contributed by atoms with Crippen LogP contribution in [0.2, 0.25) is 0 Å². The third kappa shape index (κ3) is 7.41. The molecule has 0 aromatic rings. The number of hydrogen-bond donors (Lipinski definition) is 0. The molecule has 0 N–H and O–H groups in total. The van der Waals surface area contributed by atoms with E-state index in [1.165, 1.54) is 0 Å². The average molecular weight is 248 g/mol.